The Labute approximate surface area is 109 Å². The fourth-order valence-corrected chi connectivity index (χ4v) is 2.65. The van der Waals surface area contributed by atoms with Crippen LogP contribution in [0.4, 0.5) is 5.69 Å². The molecule has 0 aliphatic carbocycles. The third-order valence-corrected chi connectivity index (χ3v) is 3.54. The molecule has 1 aromatic rings. The van der Waals surface area contributed by atoms with Gasteiger partial charge in [-0.25, -0.2) is 0 Å². The van der Waals surface area contributed by atoms with E-state index in [0.29, 0.717) is 12.5 Å². The van der Waals surface area contributed by atoms with Crippen molar-refractivity contribution < 1.29 is 4.79 Å². The molecule has 1 unspecified atom stereocenters. The average Bonchev–Trinajstić information content (AvgIpc) is 2.78. The van der Waals surface area contributed by atoms with E-state index in [1.807, 2.05) is 23.1 Å². The number of hydrogen-bond donors (Lipinski definition) is 1. The lowest BCUT2D eigenvalue weighted by molar-refractivity contribution is -0.122. The molecule has 1 amide bonds. The third-order valence-electron chi connectivity index (χ3n) is 3.54. The first kappa shape index (κ1) is 13.1. The van der Waals surface area contributed by atoms with Crippen LogP contribution < -0.4 is 10.6 Å². The van der Waals surface area contributed by atoms with E-state index in [1.54, 1.807) is 0 Å². The zero-order valence-corrected chi connectivity index (χ0v) is 11.2. The molecular weight excluding hydrogens is 224 g/mol. The van der Waals surface area contributed by atoms with E-state index < -0.39 is 0 Å². The molecular formula is C15H22N2O. The summed E-state index contributed by atoms with van der Waals surface area (Å²) in [5.41, 5.74) is 8.11. The second kappa shape index (κ2) is 5.53. The van der Waals surface area contributed by atoms with Crippen molar-refractivity contribution >= 4 is 11.6 Å². The molecule has 1 atom stereocenters. The molecule has 1 aliphatic rings. The number of carbonyl (C=O) groups is 1. The van der Waals surface area contributed by atoms with Crippen LogP contribution in [0.2, 0.25) is 0 Å². The molecule has 1 aromatic carbocycles. The van der Waals surface area contributed by atoms with Crippen LogP contribution in [0.15, 0.2) is 24.3 Å². The third kappa shape index (κ3) is 2.56. The molecule has 0 bridgehead atoms. The van der Waals surface area contributed by atoms with Crippen molar-refractivity contribution in [2.24, 2.45) is 17.6 Å². The smallest absolute Gasteiger partial charge is 0.231 e. The maximum absolute atomic E-state index is 12.5. The summed E-state index contributed by atoms with van der Waals surface area (Å²) in [6.45, 7) is 5.50. The molecule has 2 N–H and O–H groups in total. The number of carbonyl (C=O) groups excluding carboxylic acids is 1. The number of benzene rings is 1. The van der Waals surface area contributed by atoms with Gasteiger partial charge >= 0.3 is 0 Å². The van der Waals surface area contributed by atoms with Crippen LogP contribution in [-0.4, -0.2) is 19.0 Å². The molecule has 0 radical (unpaired) electrons. The predicted octanol–water partition coefficient (Wildman–Crippen LogP) is 2.20. The maximum Gasteiger partial charge on any atom is 0.231 e. The van der Waals surface area contributed by atoms with Crippen LogP contribution in [-0.2, 0) is 11.2 Å². The van der Waals surface area contributed by atoms with Gasteiger partial charge in [0.25, 0.3) is 0 Å². The van der Waals surface area contributed by atoms with E-state index in [1.165, 1.54) is 5.56 Å². The first-order chi connectivity index (χ1) is 8.63. The summed E-state index contributed by atoms with van der Waals surface area (Å²) in [6, 6.07) is 8.15. The first-order valence-electron chi connectivity index (χ1n) is 6.72. The second-order valence-electron chi connectivity index (χ2n) is 5.43. The highest BCUT2D eigenvalue weighted by molar-refractivity contribution is 5.97. The quantitative estimate of drug-likeness (QED) is 0.885. The van der Waals surface area contributed by atoms with Crippen LogP contribution in [0.3, 0.4) is 0 Å². The minimum absolute atomic E-state index is 0.0452. The van der Waals surface area contributed by atoms with E-state index >= 15 is 0 Å². The van der Waals surface area contributed by atoms with Crippen molar-refractivity contribution in [3.05, 3.63) is 29.8 Å². The van der Waals surface area contributed by atoms with Gasteiger partial charge in [0.2, 0.25) is 5.91 Å². The van der Waals surface area contributed by atoms with Gasteiger partial charge < -0.3 is 10.6 Å². The molecule has 0 saturated carbocycles. The largest absolute Gasteiger partial charge is 0.330 e. The Morgan fingerprint density at radius 1 is 1.39 bits per heavy atom. The minimum Gasteiger partial charge on any atom is -0.330 e. The lowest BCUT2D eigenvalue weighted by atomic mass is 9.96. The highest BCUT2D eigenvalue weighted by atomic mass is 16.2. The van der Waals surface area contributed by atoms with Gasteiger partial charge in [0.05, 0.1) is 5.92 Å². The van der Waals surface area contributed by atoms with Crippen molar-refractivity contribution in [1.82, 2.24) is 0 Å². The Balaban J connectivity index is 2.15. The van der Waals surface area contributed by atoms with Crippen molar-refractivity contribution in [2.45, 2.75) is 26.7 Å². The van der Waals surface area contributed by atoms with Crippen LogP contribution in [0.25, 0.3) is 0 Å². The van der Waals surface area contributed by atoms with E-state index in [9.17, 15) is 4.79 Å². The molecule has 3 heteroatoms. The molecule has 0 saturated heterocycles. The van der Waals surface area contributed by atoms with Gasteiger partial charge in [-0.15, -0.1) is 0 Å². The van der Waals surface area contributed by atoms with Gasteiger partial charge in [-0.3, -0.25) is 4.79 Å². The molecule has 3 nitrogen and oxygen atoms in total. The number of nitrogens with two attached hydrogens (primary N) is 1. The molecule has 18 heavy (non-hydrogen) atoms. The van der Waals surface area contributed by atoms with Crippen LogP contribution in [0.1, 0.15) is 25.8 Å². The molecule has 0 spiro atoms. The van der Waals surface area contributed by atoms with E-state index in [2.05, 4.69) is 19.9 Å². The van der Waals surface area contributed by atoms with Crippen LogP contribution in [0, 0.1) is 11.8 Å². The summed E-state index contributed by atoms with van der Waals surface area (Å²) in [5.74, 6) is 0.646. The van der Waals surface area contributed by atoms with Crippen molar-refractivity contribution in [1.29, 1.82) is 0 Å². The average molecular weight is 246 g/mol. The van der Waals surface area contributed by atoms with E-state index in [-0.39, 0.29) is 11.8 Å². The number of rotatable bonds is 4. The normalized spacial score (nSPS) is 15.9. The number of nitrogens with zero attached hydrogens (tertiary/aromatic N) is 1. The van der Waals surface area contributed by atoms with Gasteiger partial charge in [-0.05, 0) is 30.4 Å². The number of anilines is 1. The van der Waals surface area contributed by atoms with Gasteiger partial charge in [-0.1, -0.05) is 32.0 Å². The number of fused-ring (bicyclic) bond motifs is 1. The first-order valence-corrected chi connectivity index (χ1v) is 6.72. The number of hydrogen-bond acceptors (Lipinski definition) is 2. The molecule has 1 heterocycles. The minimum atomic E-state index is -0.0452. The van der Waals surface area contributed by atoms with Crippen molar-refractivity contribution in [3.8, 4) is 0 Å². The van der Waals surface area contributed by atoms with Gasteiger partial charge in [0.15, 0.2) is 0 Å². The van der Waals surface area contributed by atoms with Crippen molar-refractivity contribution in [2.75, 3.05) is 18.0 Å². The Hall–Kier alpha value is -1.35. The zero-order chi connectivity index (χ0) is 13.1. The standard InChI is InChI=1S/C15H22N2O/c1-11(2)9-13(10-16)15(18)17-8-7-12-5-3-4-6-14(12)17/h3-6,11,13H,7-10,16H2,1-2H3. The topological polar surface area (TPSA) is 46.3 Å². The Morgan fingerprint density at radius 2 is 2.11 bits per heavy atom. The summed E-state index contributed by atoms with van der Waals surface area (Å²) in [4.78, 5) is 14.4. The highest BCUT2D eigenvalue weighted by Crippen LogP contribution is 2.29. The summed E-state index contributed by atoms with van der Waals surface area (Å²) in [6.07, 6.45) is 1.83. The lowest BCUT2D eigenvalue weighted by Gasteiger charge is -2.24. The van der Waals surface area contributed by atoms with Crippen molar-refractivity contribution in [3.63, 3.8) is 0 Å². The monoisotopic (exact) mass is 246 g/mol. The number of amides is 1. The molecule has 0 fully saturated rings. The number of para-hydroxylation sites is 1. The summed E-state index contributed by atoms with van der Waals surface area (Å²) in [7, 11) is 0. The zero-order valence-electron chi connectivity index (χ0n) is 11.2. The molecule has 1 aliphatic heterocycles. The van der Waals surface area contributed by atoms with E-state index in [0.717, 1.165) is 25.1 Å². The predicted molar refractivity (Wildman–Crippen MR) is 74.5 cm³/mol. The molecule has 2 rings (SSSR count). The Bertz CT molecular complexity index is 428. The highest BCUT2D eigenvalue weighted by Gasteiger charge is 2.29. The molecule has 98 valence electrons. The summed E-state index contributed by atoms with van der Waals surface area (Å²) < 4.78 is 0. The summed E-state index contributed by atoms with van der Waals surface area (Å²) in [5, 5.41) is 0. The molecule has 0 aromatic heterocycles. The van der Waals surface area contributed by atoms with Crippen LogP contribution >= 0.6 is 0 Å². The maximum atomic E-state index is 12.5. The van der Waals surface area contributed by atoms with Crippen LogP contribution in [0.5, 0.6) is 0 Å². The fraction of sp³-hybridized carbons (Fsp3) is 0.533. The van der Waals surface area contributed by atoms with E-state index in [4.69, 9.17) is 5.73 Å². The lowest BCUT2D eigenvalue weighted by Crippen LogP contribution is -2.38. The van der Waals surface area contributed by atoms with Gasteiger partial charge in [0, 0.05) is 18.8 Å². The Morgan fingerprint density at radius 3 is 2.78 bits per heavy atom. The summed E-state index contributed by atoms with van der Waals surface area (Å²) >= 11 is 0. The van der Waals surface area contributed by atoms with Gasteiger partial charge in [0.1, 0.15) is 0 Å². The van der Waals surface area contributed by atoms with Gasteiger partial charge in [-0.2, -0.15) is 0 Å². The second-order valence-corrected chi connectivity index (χ2v) is 5.43. The Kier molecular flexibility index (Phi) is 4.02. The fourth-order valence-electron chi connectivity index (χ4n) is 2.65. The SMILES string of the molecule is CC(C)CC(CN)C(=O)N1CCc2ccccc21.